The first kappa shape index (κ1) is 29.6. The van der Waals surface area contributed by atoms with Crippen molar-refractivity contribution in [3.05, 3.63) is 123 Å². The second kappa shape index (κ2) is 13.5. The standard InChI is InChI=1S/C34H34N8O3/c1-4-5-10-31-35-22(2)29(20-30-36-32(45-39-30)19-23-13-17-26(44-3)18-14-23)34(43)42(31)21-24-11-15-25(16-12-24)27-8-6-7-9-28(27)33-37-40-41-38-33/h6-9,11-18H,4-5,10,19-21H2,1-3H3,(H,37,38,40,41). The van der Waals surface area contributed by atoms with Gasteiger partial charge < -0.3 is 9.26 Å². The van der Waals surface area contributed by atoms with Gasteiger partial charge in [-0.15, -0.1) is 10.2 Å². The van der Waals surface area contributed by atoms with Gasteiger partial charge in [0, 0.05) is 29.7 Å². The molecule has 228 valence electrons. The summed E-state index contributed by atoms with van der Waals surface area (Å²) >= 11 is 0. The summed E-state index contributed by atoms with van der Waals surface area (Å²) in [5.74, 6) is 3.05. The number of aryl methyl sites for hydroxylation is 2. The van der Waals surface area contributed by atoms with Gasteiger partial charge in [-0.25, -0.2) is 4.98 Å². The molecule has 0 amide bonds. The summed E-state index contributed by atoms with van der Waals surface area (Å²) in [6, 6.07) is 23.8. The predicted molar refractivity (Wildman–Crippen MR) is 169 cm³/mol. The number of tetrazole rings is 1. The molecule has 6 aromatic rings. The molecule has 0 spiro atoms. The fourth-order valence-electron chi connectivity index (χ4n) is 5.34. The maximum atomic E-state index is 14.0. The molecule has 0 bridgehead atoms. The van der Waals surface area contributed by atoms with Gasteiger partial charge >= 0.3 is 0 Å². The zero-order valence-electron chi connectivity index (χ0n) is 25.5. The van der Waals surface area contributed by atoms with Crippen molar-refractivity contribution >= 4 is 0 Å². The van der Waals surface area contributed by atoms with Gasteiger partial charge in [0.15, 0.2) is 5.82 Å². The molecule has 0 unspecified atom stereocenters. The summed E-state index contributed by atoms with van der Waals surface area (Å²) in [6.07, 6.45) is 3.40. The number of aromatic nitrogens is 8. The Morgan fingerprint density at radius 2 is 1.67 bits per heavy atom. The van der Waals surface area contributed by atoms with E-state index in [1.165, 1.54) is 0 Å². The van der Waals surface area contributed by atoms with Crippen LogP contribution in [0.1, 0.15) is 59.7 Å². The number of benzene rings is 3. The van der Waals surface area contributed by atoms with E-state index in [2.05, 4.69) is 49.8 Å². The lowest BCUT2D eigenvalue weighted by Gasteiger charge is -2.16. The van der Waals surface area contributed by atoms with Crippen molar-refractivity contribution in [3.63, 3.8) is 0 Å². The molecule has 0 aliphatic heterocycles. The van der Waals surface area contributed by atoms with E-state index >= 15 is 0 Å². The van der Waals surface area contributed by atoms with Crippen molar-refractivity contribution < 1.29 is 9.26 Å². The quantitative estimate of drug-likeness (QED) is 0.196. The zero-order valence-corrected chi connectivity index (χ0v) is 25.5. The van der Waals surface area contributed by atoms with Crippen LogP contribution in [0.4, 0.5) is 0 Å². The van der Waals surface area contributed by atoms with Crippen LogP contribution in [0.3, 0.4) is 0 Å². The Balaban J connectivity index is 1.25. The van der Waals surface area contributed by atoms with Gasteiger partial charge in [-0.05, 0) is 52.9 Å². The number of H-pyrrole nitrogens is 1. The van der Waals surface area contributed by atoms with Crippen LogP contribution in [0.2, 0.25) is 0 Å². The maximum absolute atomic E-state index is 14.0. The molecule has 3 aromatic carbocycles. The molecule has 11 nitrogen and oxygen atoms in total. The highest BCUT2D eigenvalue weighted by atomic mass is 16.5. The monoisotopic (exact) mass is 602 g/mol. The van der Waals surface area contributed by atoms with Crippen molar-refractivity contribution in [1.29, 1.82) is 0 Å². The van der Waals surface area contributed by atoms with Crippen molar-refractivity contribution in [2.45, 2.75) is 52.5 Å². The van der Waals surface area contributed by atoms with Crippen LogP contribution in [0.5, 0.6) is 5.75 Å². The predicted octanol–water partition coefficient (Wildman–Crippen LogP) is 5.36. The third kappa shape index (κ3) is 6.72. The van der Waals surface area contributed by atoms with Gasteiger partial charge in [-0.1, -0.05) is 79.2 Å². The van der Waals surface area contributed by atoms with Gasteiger partial charge in [0.2, 0.25) is 11.7 Å². The van der Waals surface area contributed by atoms with Crippen LogP contribution < -0.4 is 10.3 Å². The number of rotatable bonds is 12. The van der Waals surface area contributed by atoms with E-state index in [1.54, 1.807) is 11.7 Å². The molecular formula is C34H34N8O3. The van der Waals surface area contributed by atoms with Crippen molar-refractivity contribution in [3.8, 4) is 28.3 Å². The highest BCUT2D eigenvalue weighted by molar-refractivity contribution is 5.80. The molecule has 3 heterocycles. The SMILES string of the molecule is CCCCc1nc(C)c(Cc2noc(Cc3ccc(OC)cc3)n2)c(=O)n1Cc1ccc(-c2ccccc2-c2nn[nH]n2)cc1. The molecule has 0 aliphatic rings. The Labute approximate surface area is 260 Å². The van der Waals surface area contributed by atoms with Crippen LogP contribution in [-0.4, -0.2) is 47.4 Å². The molecule has 0 fully saturated rings. The molecule has 6 rings (SSSR count). The number of unbranched alkanes of at least 4 members (excludes halogenated alkanes) is 1. The largest absolute Gasteiger partial charge is 0.497 e. The number of nitrogens with one attached hydrogen (secondary N) is 1. The number of aromatic amines is 1. The van der Waals surface area contributed by atoms with E-state index in [0.29, 0.717) is 41.8 Å². The van der Waals surface area contributed by atoms with Crippen LogP contribution in [-0.2, 0) is 25.8 Å². The third-order valence-electron chi connectivity index (χ3n) is 7.78. The fraction of sp³-hybridized carbons (Fsp3) is 0.265. The molecule has 0 aliphatic carbocycles. The van der Waals surface area contributed by atoms with E-state index in [0.717, 1.165) is 58.7 Å². The zero-order chi connectivity index (χ0) is 31.2. The second-order valence-electron chi connectivity index (χ2n) is 10.9. The molecule has 45 heavy (non-hydrogen) atoms. The summed E-state index contributed by atoms with van der Waals surface area (Å²) in [7, 11) is 1.64. The lowest BCUT2D eigenvalue weighted by atomic mass is 9.98. The third-order valence-corrected chi connectivity index (χ3v) is 7.78. The number of methoxy groups -OCH3 is 1. The molecule has 0 saturated carbocycles. The average molecular weight is 603 g/mol. The Morgan fingerprint density at radius 3 is 2.38 bits per heavy atom. The van der Waals surface area contributed by atoms with Gasteiger partial charge in [-0.2, -0.15) is 10.2 Å². The van der Waals surface area contributed by atoms with Gasteiger partial charge in [-0.3, -0.25) is 9.36 Å². The summed E-state index contributed by atoms with van der Waals surface area (Å²) in [5, 5.41) is 18.7. The Hall–Kier alpha value is -5.45. The highest BCUT2D eigenvalue weighted by Crippen LogP contribution is 2.30. The first-order valence-electron chi connectivity index (χ1n) is 15.0. The van der Waals surface area contributed by atoms with Gasteiger partial charge in [0.05, 0.1) is 20.1 Å². The molecule has 0 atom stereocenters. The van der Waals surface area contributed by atoms with Crippen molar-refractivity contribution in [1.82, 2.24) is 40.3 Å². The van der Waals surface area contributed by atoms with E-state index < -0.39 is 0 Å². The summed E-state index contributed by atoms with van der Waals surface area (Å²) in [5.41, 5.74) is 6.10. The topological polar surface area (TPSA) is 138 Å². The van der Waals surface area contributed by atoms with Gasteiger partial charge in [0.1, 0.15) is 11.6 Å². The minimum atomic E-state index is -0.0818. The fourth-order valence-corrected chi connectivity index (χ4v) is 5.34. The van der Waals surface area contributed by atoms with Crippen LogP contribution in [0.25, 0.3) is 22.5 Å². The lowest BCUT2D eigenvalue weighted by molar-refractivity contribution is 0.380. The minimum Gasteiger partial charge on any atom is -0.497 e. The Morgan fingerprint density at radius 1 is 0.911 bits per heavy atom. The summed E-state index contributed by atoms with van der Waals surface area (Å²) in [6.45, 7) is 4.42. The molecular weight excluding hydrogens is 568 g/mol. The van der Waals surface area contributed by atoms with E-state index in [-0.39, 0.29) is 12.0 Å². The van der Waals surface area contributed by atoms with E-state index in [1.807, 2.05) is 67.6 Å². The van der Waals surface area contributed by atoms with Crippen LogP contribution in [0, 0.1) is 6.92 Å². The first-order valence-corrected chi connectivity index (χ1v) is 15.0. The molecule has 0 radical (unpaired) electrons. The average Bonchev–Trinajstić information content (AvgIpc) is 3.77. The number of hydrogen-bond donors (Lipinski definition) is 1. The van der Waals surface area contributed by atoms with Crippen molar-refractivity contribution in [2.24, 2.45) is 0 Å². The smallest absolute Gasteiger partial charge is 0.257 e. The Kier molecular flexibility index (Phi) is 8.86. The Bertz CT molecular complexity index is 1930. The second-order valence-corrected chi connectivity index (χ2v) is 10.9. The van der Waals surface area contributed by atoms with E-state index in [4.69, 9.17) is 14.2 Å². The molecule has 0 saturated heterocycles. The van der Waals surface area contributed by atoms with Crippen LogP contribution >= 0.6 is 0 Å². The number of nitrogens with zero attached hydrogens (tertiary/aromatic N) is 7. The van der Waals surface area contributed by atoms with Gasteiger partial charge in [0.25, 0.3) is 5.56 Å². The van der Waals surface area contributed by atoms with Crippen molar-refractivity contribution in [2.75, 3.05) is 7.11 Å². The maximum Gasteiger partial charge on any atom is 0.257 e. The summed E-state index contributed by atoms with van der Waals surface area (Å²) < 4.78 is 12.5. The van der Waals surface area contributed by atoms with Crippen LogP contribution in [0.15, 0.2) is 82.1 Å². The normalized spacial score (nSPS) is 11.2. The molecule has 3 aromatic heterocycles. The molecule has 11 heteroatoms. The molecule has 1 N–H and O–H groups in total. The lowest BCUT2D eigenvalue weighted by Crippen LogP contribution is -2.30. The number of ether oxygens (including phenoxy) is 1. The first-order chi connectivity index (χ1) is 22.0. The summed E-state index contributed by atoms with van der Waals surface area (Å²) in [4.78, 5) is 23.5. The number of hydrogen-bond acceptors (Lipinski definition) is 9. The minimum absolute atomic E-state index is 0.0818. The highest BCUT2D eigenvalue weighted by Gasteiger charge is 2.18. The van der Waals surface area contributed by atoms with E-state index in [9.17, 15) is 4.79 Å².